The maximum absolute atomic E-state index is 14.0. The molecule has 0 aliphatic carbocycles. The zero-order chi connectivity index (χ0) is 20.5. The van der Waals surface area contributed by atoms with Crippen molar-refractivity contribution in [2.24, 2.45) is 0 Å². The van der Waals surface area contributed by atoms with Crippen LogP contribution in [0.5, 0.6) is 0 Å². The third-order valence-corrected chi connectivity index (χ3v) is 6.71. The fourth-order valence-corrected chi connectivity index (χ4v) is 5.31. The average molecular weight is 434 g/mol. The largest absolute Gasteiger partial charge is 0.466 e. The van der Waals surface area contributed by atoms with E-state index in [0.29, 0.717) is 10.7 Å². The number of ether oxygens (including phenoxy) is 1. The maximum atomic E-state index is 14.0. The highest BCUT2D eigenvalue weighted by atomic mass is 32.2. The third-order valence-electron chi connectivity index (χ3n) is 4.41. The Balaban J connectivity index is 1.68. The molecule has 29 heavy (non-hydrogen) atoms. The Bertz CT molecular complexity index is 1060. The molecule has 4 rings (SSSR count). The molecule has 2 heterocycles. The van der Waals surface area contributed by atoms with Crippen LogP contribution in [0.1, 0.15) is 18.4 Å². The molecule has 3 aromatic rings. The monoisotopic (exact) mass is 434 g/mol. The lowest BCUT2D eigenvalue weighted by atomic mass is 10.2. The number of thioether (sulfide) groups is 1. The summed E-state index contributed by atoms with van der Waals surface area (Å²) in [6.45, 7) is 2.02. The lowest BCUT2D eigenvalue weighted by Crippen LogP contribution is -2.41. The molecular weight excluding hydrogens is 418 g/mol. The number of rotatable bonds is 5. The van der Waals surface area contributed by atoms with Gasteiger partial charge in [-0.15, -0.1) is 23.1 Å². The predicted molar refractivity (Wildman–Crippen MR) is 108 cm³/mol. The van der Waals surface area contributed by atoms with Gasteiger partial charge in [0.05, 0.1) is 35.2 Å². The number of nitrogens with zero attached hydrogens (tertiary/aromatic N) is 2. The zero-order valence-electron chi connectivity index (χ0n) is 15.4. The number of carbonyl (C=O) groups excluding carboxylic acids is 2. The zero-order valence-corrected chi connectivity index (χ0v) is 17.0. The number of hydrogen-bond donors (Lipinski definition) is 0. The van der Waals surface area contributed by atoms with Gasteiger partial charge in [-0.1, -0.05) is 12.1 Å². The first-order valence-corrected chi connectivity index (χ1v) is 10.6. The molecule has 0 saturated carbocycles. The van der Waals surface area contributed by atoms with Crippen LogP contribution in [0, 0.1) is 11.6 Å². The highest BCUT2D eigenvalue weighted by Gasteiger charge is 2.35. The first-order valence-electron chi connectivity index (χ1n) is 8.94. The van der Waals surface area contributed by atoms with E-state index in [1.165, 1.54) is 16.7 Å². The molecule has 0 N–H and O–H groups in total. The van der Waals surface area contributed by atoms with E-state index in [2.05, 4.69) is 4.98 Å². The first kappa shape index (κ1) is 19.8. The van der Waals surface area contributed by atoms with Gasteiger partial charge in [0.25, 0.3) is 0 Å². The smallest absolute Gasteiger partial charge is 0.307 e. The SMILES string of the molecule is CCOC(=O)CC1Sc2ccccc2N(Cc2nc3c(F)ccc(F)c3s2)C1=O. The van der Waals surface area contributed by atoms with Crippen molar-refractivity contribution in [3.8, 4) is 0 Å². The van der Waals surface area contributed by atoms with E-state index in [9.17, 15) is 18.4 Å². The molecule has 0 spiro atoms. The van der Waals surface area contributed by atoms with Crippen molar-refractivity contribution in [2.75, 3.05) is 11.5 Å². The fourth-order valence-electron chi connectivity index (χ4n) is 3.13. The molecular formula is C20H16F2N2O3S2. The van der Waals surface area contributed by atoms with E-state index in [0.717, 1.165) is 28.4 Å². The van der Waals surface area contributed by atoms with Gasteiger partial charge in [-0.3, -0.25) is 9.59 Å². The van der Waals surface area contributed by atoms with E-state index in [-0.39, 0.29) is 35.7 Å². The van der Waals surface area contributed by atoms with Gasteiger partial charge in [-0.25, -0.2) is 13.8 Å². The highest BCUT2D eigenvalue weighted by Crippen LogP contribution is 2.41. The second-order valence-electron chi connectivity index (χ2n) is 6.32. The van der Waals surface area contributed by atoms with Crippen LogP contribution in [0.15, 0.2) is 41.3 Å². The molecule has 1 atom stereocenters. The number of amides is 1. The average Bonchev–Trinajstić information content (AvgIpc) is 3.13. The second-order valence-corrected chi connectivity index (χ2v) is 8.65. The number of esters is 1. The van der Waals surface area contributed by atoms with Crippen molar-refractivity contribution in [2.45, 2.75) is 30.0 Å². The first-order chi connectivity index (χ1) is 14.0. The molecule has 0 saturated heterocycles. The summed E-state index contributed by atoms with van der Waals surface area (Å²) < 4.78 is 33.1. The van der Waals surface area contributed by atoms with Gasteiger partial charge in [-0.2, -0.15) is 0 Å². The highest BCUT2D eigenvalue weighted by molar-refractivity contribution is 8.01. The van der Waals surface area contributed by atoms with Crippen molar-refractivity contribution >= 4 is 50.9 Å². The van der Waals surface area contributed by atoms with Crippen LogP contribution >= 0.6 is 23.1 Å². The Hall–Kier alpha value is -2.52. The normalized spacial score (nSPS) is 16.2. The van der Waals surface area contributed by atoms with E-state index < -0.39 is 22.9 Å². The quantitative estimate of drug-likeness (QED) is 0.552. The van der Waals surface area contributed by atoms with Crippen molar-refractivity contribution in [3.63, 3.8) is 0 Å². The number of para-hydroxylation sites is 1. The summed E-state index contributed by atoms with van der Waals surface area (Å²) in [7, 11) is 0. The number of hydrogen-bond acceptors (Lipinski definition) is 6. The summed E-state index contributed by atoms with van der Waals surface area (Å²) in [5, 5.41) is -0.222. The number of fused-ring (bicyclic) bond motifs is 2. The number of benzene rings is 2. The minimum atomic E-state index is -0.633. The number of aromatic nitrogens is 1. The van der Waals surface area contributed by atoms with Gasteiger partial charge in [0.2, 0.25) is 5.91 Å². The molecule has 9 heteroatoms. The topological polar surface area (TPSA) is 59.5 Å². The number of carbonyl (C=O) groups is 2. The number of halogens is 2. The van der Waals surface area contributed by atoms with Gasteiger partial charge in [0, 0.05) is 4.90 Å². The molecule has 1 aliphatic rings. The minimum absolute atomic E-state index is 0.0415. The van der Waals surface area contributed by atoms with Crippen molar-refractivity contribution < 1.29 is 23.1 Å². The van der Waals surface area contributed by atoms with Gasteiger partial charge < -0.3 is 9.64 Å². The van der Waals surface area contributed by atoms with Gasteiger partial charge in [0.15, 0.2) is 5.82 Å². The molecule has 1 amide bonds. The van der Waals surface area contributed by atoms with Gasteiger partial charge in [0.1, 0.15) is 16.3 Å². The second kappa shape index (κ2) is 8.08. The Morgan fingerprint density at radius 3 is 2.72 bits per heavy atom. The molecule has 0 fully saturated rings. The molecule has 1 aromatic heterocycles. The van der Waals surface area contributed by atoms with E-state index in [1.54, 1.807) is 13.0 Å². The van der Waals surface area contributed by atoms with E-state index >= 15 is 0 Å². The Morgan fingerprint density at radius 2 is 1.97 bits per heavy atom. The standard InChI is InChI=1S/C20H16F2N2O3S2/c1-2-27-17(25)9-15-20(26)24(13-5-3-4-6-14(13)28-15)10-16-23-18-11(21)7-8-12(22)19(18)29-16/h3-8,15H,2,9-10H2,1H3. The lowest BCUT2D eigenvalue weighted by Gasteiger charge is -2.32. The molecule has 1 aliphatic heterocycles. The van der Waals surface area contributed by atoms with Crippen LogP contribution in [-0.4, -0.2) is 28.7 Å². The molecule has 0 radical (unpaired) electrons. The van der Waals surface area contributed by atoms with E-state index in [1.807, 2.05) is 18.2 Å². The van der Waals surface area contributed by atoms with Crippen LogP contribution in [0.2, 0.25) is 0 Å². The summed E-state index contributed by atoms with van der Waals surface area (Å²) in [6.07, 6.45) is -0.0503. The molecule has 1 unspecified atom stereocenters. The molecule has 150 valence electrons. The van der Waals surface area contributed by atoms with Crippen LogP contribution in [0.25, 0.3) is 10.2 Å². The number of thiazole rings is 1. The van der Waals surface area contributed by atoms with Crippen LogP contribution in [0.4, 0.5) is 14.5 Å². The third kappa shape index (κ3) is 3.84. The Labute approximate surface area is 173 Å². The summed E-state index contributed by atoms with van der Waals surface area (Å²) in [4.78, 5) is 31.6. The van der Waals surface area contributed by atoms with Crippen LogP contribution in [-0.2, 0) is 20.9 Å². The van der Waals surface area contributed by atoms with Crippen molar-refractivity contribution in [1.29, 1.82) is 0 Å². The summed E-state index contributed by atoms with van der Waals surface area (Å²) in [5.41, 5.74) is 0.642. The lowest BCUT2D eigenvalue weighted by molar-refractivity contribution is -0.144. The Kier molecular flexibility index (Phi) is 5.51. The summed E-state index contributed by atoms with van der Waals surface area (Å²) >= 11 is 2.33. The minimum Gasteiger partial charge on any atom is -0.466 e. The van der Waals surface area contributed by atoms with Crippen LogP contribution < -0.4 is 4.90 Å². The molecule has 5 nitrogen and oxygen atoms in total. The molecule has 0 bridgehead atoms. The van der Waals surface area contributed by atoms with Crippen molar-refractivity contribution in [3.05, 3.63) is 53.0 Å². The van der Waals surface area contributed by atoms with Gasteiger partial charge >= 0.3 is 5.97 Å². The van der Waals surface area contributed by atoms with Gasteiger partial charge in [-0.05, 0) is 31.2 Å². The summed E-state index contributed by atoms with van der Waals surface area (Å²) in [5.74, 6) is -1.86. The van der Waals surface area contributed by atoms with Crippen LogP contribution in [0.3, 0.4) is 0 Å². The predicted octanol–water partition coefficient (Wildman–Crippen LogP) is 4.54. The fraction of sp³-hybridized carbons (Fsp3) is 0.250. The summed E-state index contributed by atoms with van der Waals surface area (Å²) in [6, 6.07) is 9.43. The van der Waals surface area contributed by atoms with Crippen molar-refractivity contribution in [1.82, 2.24) is 4.98 Å². The molecule has 2 aromatic carbocycles. The number of anilines is 1. The maximum Gasteiger partial charge on any atom is 0.307 e. The Morgan fingerprint density at radius 1 is 1.21 bits per heavy atom. The van der Waals surface area contributed by atoms with E-state index in [4.69, 9.17) is 4.74 Å².